The van der Waals surface area contributed by atoms with Crippen molar-refractivity contribution < 1.29 is 17.9 Å². The normalized spacial score (nSPS) is 11.9. The van der Waals surface area contributed by atoms with Gasteiger partial charge >= 0.3 is 0 Å². The third-order valence-corrected chi connectivity index (χ3v) is 5.00. The molecule has 0 aliphatic rings. The van der Waals surface area contributed by atoms with Gasteiger partial charge in [-0.2, -0.15) is 0 Å². The molecule has 3 N–H and O–H groups in total. The standard InChI is InChI=1S/C16H15FN2O3S/c17-12-3-6-14-15(10-18-16(14)9-12)11-1-4-13(5-2-11)23(21,22)19-7-8-20/h1-6,9-10,18-20H,7-8H2. The van der Waals surface area contributed by atoms with E-state index in [2.05, 4.69) is 9.71 Å². The summed E-state index contributed by atoms with van der Waals surface area (Å²) in [5, 5.41) is 9.57. The molecular weight excluding hydrogens is 319 g/mol. The molecule has 23 heavy (non-hydrogen) atoms. The highest BCUT2D eigenvalue weighted by atomic mass is 32.2. The summed E-state index contributed by atoms with van der Waals surface area (Å²) in [7, 11) is -3.62. The average Bonchev–Trinajstić information content (AvgIpc) is 2.96. The Morgan fingerprint density at radius 3 is 2.57 bits per heavy atom. The first kappa shape index (κ1) is 15.7. The maximum Gasteiger partial charge on any atom is 0.240 e. The Hall–Kier alpha value is -2.22. The molecule has 0 saturated heterocycles. The van der Waals surface area contributed by atoms with Gasteiger partial charge in [-0.1, -0.05) is 12.1 Å². The van der Waals surface area contributed by atoms with E-state index in [0.29, 0.717) is 5.52 Å². The Labute approximate surface area is 132 Å². The molecule has 5 nitrogen and oxygen atoms in total. The van der Waals surface area contributed by atoms with Crippen molar-refractivity contribution in [3.8, 4) is 11.1 Å². The monoisotopic (exact) mass is 334 g/mol. The van der Waals surface area contributed by atoms with Gasteiger partial charge in [0.2, 0.25) is 10.0 Å². The lowest BCUT2D eigenvalue weighted by molar-refractivity contribution is 0.301. The van der Waals surface area contributed by atoms with Crippen LogP contribution in [0.25, 0.3) is 22.0 Å². The van der Waals surface area contributed by atoms with Gasteiger partial charge < -0.3 is 10.1 Å². The molecule has 0 bridgehead atoms. The number of aromatic nitrogens is 1. The molecule has 0 spiro atoms. The minimum absolute atomic E-state index is 0.0297. The zero-order valence-electron chi connectivity index (χ0n) is 12.1. The van der Waals surface area contributed by atoms with Crippen LogP contribution in [0, 0.1) is 5.82 Å². The highest BCUT2D eigenvalue weighted by molar-refractivity contribution is 7.89. The summed E-state index contributed by atoms with van der Waals surface area (Å²) in [6.07, 6.45) is 1.76. The van der Waals surface area contributed by atoms with Gasteiger partial charge in [0.15, 0.2) is 0 Å². The average molecular weight is 334 g/mol. The number of rotatable bonds is 5. The van der Waals surface area contributed by atoms with Crippen LogP contribution in [0.5, 0.6) is 0 Å². The zero-order valence-corrected chi connectivity index (χ0v) is 12.9. The molecule has 0 saturated carbocycles. The van der Waals surface area contributed by atoms with E-state index < -0.39 is 10.0 Å². The smallest absolute Gasteiger partial charge is 0.240 e. The topological polar surface area (TPSA) is 82.2 Å². The van der Waals surface area contributed by atoms with E-state index in [1.807, 2.05) is 0 Å². The molecule has 0 aliphatic heterocycles. The van der Waals surface area contributed by atoms with Gasteiger partial charge in [-0.3, -0.25) is 0 Å². The Kier molecular flexibility index (Phi) is 4.16. The minimum atomic E-state index is -3.62. The Morgan fingerprint density at radius 2 is 1.87 bits per heavy atom. The molecule has 0 fully saturated rings. The van der Waals surface area contributed by atoms with Crippen molar-refractivity contribution in [3.05, 3.63) is 54.5 Å². The predicted molar refractivity (Wildman–Crippen MR) is 86.0 cm³/mol. The van der Waals surface area contributed by atoms with Crippen LogP contribution >= 0.6 is 0 Å². The van der Waals surface area contributed by atoms with E-state index in [0.717, 1.165) is 16.5 Å². The van der Waals surface area contributed by atoms with Crippen molar-refractivity contribution in [2.45, 2.75) is 4.90 Å². The zero-order chi connectivity index (χ0) is 16.4. The van der Waals surface area contributed by atoms with Gasteiger partial charge in [-0.05, 0) is 35.9 Å². The van der Waals surface area contributed by atoms with E-state index >= 15 is 0 Å². The number of hydrogen-bond acceptors (Lipinski definition) is 3. The summed E-state index contributed by atoms with van der Waals surface area (Å²) < 4.78 is 39.4. The second-order valence-corrected chi connectivity index (χ2v) is 6.80. The third kappa shape index (κ3) is 3.12. The fourth-order valence-corrected chi connectivity index (χ4v) is 3.44. The molecule has 0 radical (unpaired) electrons. The lowest BCUT2D eigenvalue weighted by Gasteiger charge is -2.06. The Morgan fingerprint density at radius 1 is 1.13 bits per heavy atom. The van der Waals surface area contributed by atoms with E-state index in [-0.39, 0.29) is 23.9 Å². The number of nitrogens with one attached hydrogen (secondary N) is 2. The molecular formula is C16H15FN2O3S. The first-order valence-corrected chi connectivity index (χ1v) is 8.47. The van der Waals surface area contributed by atoms with Gasteiger partial charge in [-0.15, -0.1) is 0 Å². The van der Waals surface area contributed by atoms with E-state index in [4.69, 9.17) is 5.11 Å². The molecule has 0 aliphatic carbocycles. The lowest BCUT2D eigenvalue weighted by Crippen LogP contribution is -2.26. The maximum absolute atomic E-state index is 13.2. The maximum atomic E-state index is 13.2. The fraction of sp³-hybridized carbons (Fsp3) is 0.125. The number of aliphatic hydroxyl groups is 1. The molecule has 7 heteroatoms. The van der Waals surface area contributed by atoms with Gasteiger partial charge in [0.25, 0.3) is 0 Å². The van der Waals surface area contributed by atoms with Crippen LogP contribution < -0.4 is 4.72 Å². The van der Waals surface area contributed by atoms with Crippen molar-refractivity contribution >= 4 is 20.9 Å². The van der Waals surface area contributed by atoms with Crippen molar-refractivity contribution in [3.63, 3.8) is 0 Å². The second-order valence-electron chi connectivity index (χ2n) is 5.04. The van der Waals surface area contributed by atoms with Gasteiger partial charge in [0.1, 0.15) is 5.82 Å². The fourth-order valence-electron chi connectivity index (χ4n) is 2.41. The lowest BCUT2D eigenvalue weighted by atomic mass is 10.1. The number of benzene rings is 2. The number of H-pyrrole nitrogens is 1. The minimum Gasteiger partial charge on any atom is -0.395 e. The van der Waals surface area contributed by atoms with Crippen molar-refractivity contribution in [1.82, 2.24) is 9.71 Å². The molecule has 1 heterocycles. The molecule has 120 valence electrons. The molecule has 3 aromatic rings. The van der Waals surface area contributed by atoms with E-state index in [9.17, 15) is 12.8 Å². The highest BCUT2D eigenvalue weighted by Crippen LogP contribution is 2.29. The molecule has 1 aromatic heterocycles. The van der Waals surface area contributed by atoms with E-state index in [1.165, 1.54) is 24.3 Å². The summed E-state index contributed by atoms with van der Waals surface area (Å²) in [4.78, 5) is 3.13. The van der Waals surface area contributed by atoms with Gasteiger partial charge in [0.05, 0.1) is 11.5 Å². The van der Waals surface area contributed by atoms with Gasteiger partial charge in [-0.25, -0.2) is 17.5 Å². The molecule has 0 atom stereocenters. The first-order valence-electron chi connectivity index (χ1n) is 6.99. The van der Waals surface area contributed by atoms with E-state index in [1.54, 1.807) is 24.4 Å². The molecule has 3 rings (SSSR count). The number of aromatic amines is 1. The van der Waals surface area contributed by atoms with Crippen molar-refractivity contribution in [1.29, 1.82) is 0 Å². The van der Waals surface area contributed by atoms with Crippen molar-refractivity contribution in [2.24, 2.45) is 0 Å². The number of hydrogen-bond donors (Lipinski definition) is 3. The molecule has 0 amide bonds. The summed E-state index contributed by atoms with van der Waals surface area (Å²) in [6.45, 7) is -0.290. The second kappa shape index (κ2) is 6.11. The van der Waals surface area contributed by atoms with Crippen LogP contribution in [0.1, 0.15) is 0 Å². The molecule has 2 aromatic carbocycles. The summed E-state index contributed by atoms with van der Waals surface area (Å²) >= 11 is 0. The first-order chi connectivity index (χ1) is 11.0. The van der Waals surface area contributed by atoms with Crippen LogP contribution in [0.4, 0.5) is 4.39 Å². The number of fused-ring (bicyclic) bond motifs is 1. The number of aliphatic hydroxyl groups excluding tert-OH is 1. The van der Waals surface area contributed by atoms with Crippen molar-refractivity contribution in [2.75, 3.05) is 13.2 Å². The van der Waals surface area contributed by atoms with Crippen LogP contribution in [-0.4, -0.2) is 31.7 Å². The Balaban J connectivity index is 1.95. The number of sulfonamides is 1. The van der Waals surface area contributed by atoms with Crippen LogP contribution in [0.15, 0.2) is 53.6 Å². The predicted octanol–water partition coefficient (Wildman–Crippen LogP) is 2.24. The van der Waals surface area contributed by atoms with Gasteiger partial charge in [0, 0.05) is 29.2 Å². The van der Waals surface area contributed by atoms with Crippen LogP contribution in [-0.2, 0) is 10.0 Å². The highest BCUT2D eigenvalue weighted by Gasteiger charge is 2.14. The third-order valence-electron chi connectivity index (χ3n) is 3.52. The Bertz CT molecular complexity index is 934. The largest absolute Gasteiger partial charge is 0.395 e. The molecule has 0 unspecified atom stereocenters. The number of halogens is 1. The van der Waals surface area contributed by atoms with Crippen LogP contribution in [0.2, 0.25) is 0 Å². The quantitative estimate of drug-likeness (QED) is 0.669. The summed E-state index contributed by atoms with van der Waals surface area (Å²) in [6, 6.07) is 10.9. The SMILES string of the molecule is O=S(=O)(NCCO)c1ccc(-c2c[nH]c3cc(F)ccc23)cc1. The van der Waals surface area contributed by atoms with Crippen LogP contribution in [0.3, 0.4) is 0 Å². The summed E-state index contributed by atoms with van der Waals surface area (Å²) in [5.74, 6) is -0.317. The summed E-state index contributed by atoms with van der Waals surface area (Å²) in [5.41, 5.74) is 2.37.